The number of methoxy groups -OCH3 is 1. The van der Waals surface area contributed by atoms with E-state index in [-0.39, 0.29) is 12.5 Å². The van der Waals surface area contributed by atoms with Crippen LogP contribution < -0.4 is 19.6 Å². The van der Waals surface area contributed by atoms with Crippen molar-refractivity contribution in [2.75, 3.05) is 13.7 Å². The molecule has 0 aromatic heterocycles. The maximum atomic E-state index is 12.1. The van der Waals surface area contributed by atoms with Gasteiger partial charge in [0.05, 0.1) is 7.11 Å². The zero-order valence-corrected chi connectivity index (χ0v) is 13.7. The van der Waals surface area contributed by atoms with Crippen LogP contribution in [0.1, 0.15) is 5.56 Å². The first-order valence-electron chi connectivity index (χ1n) is 7.79. The Bertz CT molecular complexity index is 802. The fourth-order valence-electron chi connectivity index (χ4n) is 2.32. The third-order valence-corrected chi connectivity index (χ3v) is 3.55. The van der Waals surface area contributed by atoms with Crippen LogP contribution in [0.2, 0.25) is 0 Å². The number of nitrogens with zero attached hydrogens (tertiary/aromatic N) is 1. The summed E-state index contributed by atoms with van der Waals surface area (Å²) in [6.45, 7) is 0.148. The number of rotatable bonds is 5. The molecule has 6 nitrogen and oxygen atoms in total. The van der Waals surface area contributed by atoms with Crippen LogP contribution in [0.3, 0.4) is 0 Å². The first kappa shape index (κ1) is 16.6. The number of nitrogens with one attached hydrogen (secondary N) is 1. The van der Waals surface area contributed by atoms with Crippen LogP contribution in [0.5, 0.6) is 17.2 Å². The summed E-state index contributed by atoms with van der Waals surface area (Å²) in [5, 5.41) is 3.89. The SMILES string of the molecule is COc1ccccc1/C=C/C=N\NC(=O)[C@@H]1COc2ccccc2O1. The number of hydrogen-bond donors (Lipinski definition) is 1. The van der Waals surface area contributed by atoms with Gasteiger partial charge in [-0.3, -0.25) is 4.79 Å². The molecular formula is C19H18N2O4. The molecule has 0 aliphatic carbocycles. The molecule has 1 aliphatic heterocycles. The zero-order chi connectivity index (χ0) is 17.5. The summed E-state index contributed by atoms with van der Waals surface area (Å²) in [5.74, 6) is 1.59. The van der Waals surface area contributed by atoms with E-state index in [4.69, 9.17) is 14.2 Å². The summed E-state index contributed by atoms with van der Waals surface area (Å²) in [6.07, 6.45) is 4.31. The molecule has 0 spiro atoms. The second kappa shape index (κ2) is 8.01. The number of ether oxygens (including phenoxy) is 3. The van der Waals surface area contributed by atoms with Crippen molar-refractivity contribution < 1.29 is 19.0 Å². The molecule has 1 atom stereocenters. The first-order valence-corrected chi connectivity index (χ1v) is 7.79. The van der Waals surface area contributed by atoms with Gasteiger partial charge in [0.25, 0.3) is 5.91 Å². The standard InChI is InChI=1S/C19H18N2O4/c1-23-15-9-3-2-7-14(15)8-6-12-20-21-19(22)18-13-24-16-10-4-5-11-17(16)25-18/h2-12,18H,13H2,1H3,(H,21,22)/b8-6+,20-12-/t18-/m0/s1. The van der Waals surface area contributed by atoms with E-state index in [9.17, 15) is 4.79 Å². The number of carbonyl (C=O) groups excluding carboxylic acids is 1. The molecule has 128 valence electrons. The predicted octanol–water partition coefficient (Wildman–Crippen LogP) is 2.65. The average Bonchev–Trinajstić information content (AvgIpc) is 2.67. The number of hydrogen-bond acceptors (Lipinski definition) is 5. The molecule has 2 aromatic carbocycles. The quantitative estimate of drug-likeness (QED) is 0.672. The second-order valence-corrected chi connectivity index (χ2v) is 5.22. The van der Waals surface area contributed by atoms with E-state index in [1.165, 1.54) is 6.21 Å². The number of hydrazone groups is 1. The number of para-hydroxylation sites is 3. The van der Waals surface area contributed by atoms with E-state index < -0.39 is 6.10 Å². The Hall–Kier alpha value is -3.28. The maximum absolute atomic E-state index is 12.1. The fraction of sp³-hybridized carbons (Fsp3) is 0.158. The summed E-state index contributed by atoms with van der Waals surface area (Å²) in [4.78, 5) is 12.1. The molecule has 6 heteroatoms. The van der Waals surface area contributed by atoms with Crippen molar-refractivity contribution >= 4 is 18.2 Å². The highest BCUT2D eigenvalue weighted by molar-refractivity contribution is 5.84. The minimum Gasteiger partial charge on any atom is -0.496 e. The van der Waals surface area contributed by atoms with Crippen molar-refractivity contribution in [1.82, 2.24) is 5.43 Å². The highest BCUT2D eigenvalue weighted by atomic mass is 16.6. The summed E-state index contributed by atoms with van der Waals surface area (Å²) in [6, 6.07) is 14.8. The Morgan fingerprint density at radius 2 is 1.96 bits per heavy atom. The van der Waals surface area contributed by atoms with Crippen LogP contribution in [0, 0.1) is 0 Å². The molecule has 0 fully saturated rings. The van der Waals surface area contributed by atoms with E-state index >= 15 is 0 Å². The molecule has 0 saturated heterocycles. The smallest absolute Gasteiger partial charge is 0.284 e. The number of amides is 1. The van der Waals surface area contributed by atoms with Crippen LogP contribution in [0.25, 0.3) is 6.08 Å². The van der Waals surface area contributed by atoms with Crippen molar-refractivity contribution in [2.45, 2.75) is 6.10 Å². The van der Waals surface area contributed by atoms with Crippen molar-refractivity contribution in [2.24, 2.45) is 5.10 Å². The Kier molecular flexibility index (Phi) is 5.31. The van der Waals surface area contributed by atoms with Gasteiger partial charge in [-0.05, 0) is 30.4 Å². The van der Waals surface area contributed by atoms with E-state index in [2.05, 4.69) is 10.5 Å². The van der Waals surface area contributed by atoms with Gasteiger partial charge in [-0.2, -0.15) is 5.10 Å². The van der Waals surface area contributed by atoms with Gasteiger partial charge in [-0.15, -0.1) is 0 Å². The second-order valence-electron chi connectivity index (χ2n) is 5.22. The van der Waals surface area contributed by atoms with Gasteiger partial charge in [0.15, 0.2) is 11.5 Å². The Balaban J connectivity index is 1.52. The molecule has 1 aliphatic rings. The van der Waals surface area contributed by atoms with E-state index in [1.54, 1.807) is 25.3 Å². The molecule has 1 N–H and O–H groups in total. The third-order valence-electron chi connectivity index (χ3n) is 3.55. The minimum atomic E-state index is -0.731. The van der Waals surface area contributed by atoms with Crippen LogP contribution >= 0.6 is 0 Å². The lowest BCUT2D eigenvalue weighted by Gasteiger charge is -2.24. The van der Waals surface area contributed by atoms with Gasteiger partial charge >= 0.3 is 0 Å². The molecule has 0 unspecified atom stereocenters. The molecule has 1 amide bonds. The van der Waals surface area contributed by atoms with Crippen molar-refractivity contribution in [3.05, 3.63) is 60.2 Å². The highest BCUT2D eigenvalue weighted by Crippen LogP contribution is 2.30. The number of benzene rings is 2. The first-order chi connectivity index (χ1) is 12.3. The topological polar surface area (TPSA) is 69.2 Å². The monoisotopic (exact) mass is 338 g/mol. The van der Waals surface area contributed by atoms with Gasteiger partial charge in [-0.1, -0.05) is 30.3 Å². The van der Waals surface area contributed by atoms with E-state index in [0.717, 1.165) is 11.3 Å². The van der Waals surface area contributed by atoms with Crippen LogP contribution in [-0.4, -0.2) is 31.9 Å². The number of fused-ring (bicyclic) bond motifs is 1. The Morgan fingerprint density at radius 1 is 1.20 bits per heavy atom. The van der Waals surface area contributed by atoms with Crippen molar-refractivity contribution in [3.63, 3.8) is 0 Å². The fourth-order valence-corrected chi connectivity index (χ4v) is 2.32. The van der Waals surface area contributed by atoms with Crippen molar-refractivity contribution in [1.29, 1.82) is 0 Å². The normalized spacial score (nSPS) is 16.1. The van der Waals surface area contributed by atoms with Crippen molar-refractivity contribution in [3.8, 4) is 17.2 Å². The van der Waals surface area contributed by atoms with Gasteiger partial charge in [0.2, 0.25) is 6.10 Å². The van der Waals surface area contributed by atoms with Gasteiger partial charge in [0.1, 0.15) is 12.4 Å². The summed E-state index contributed by atoms with van der Waals surface area (Å²) >= 11 is 0. The zero-order valence-electron chi connectivity index (χ0n) is 13.7. The maximum Gasteiger partial charge on any atom is 0.284 e. The summed E-state index contributed by atoms with van der Waals surface area (Å²) in [5.41, 5.74) is 3.36. The van der Waals surface area contributed by atoms with Crippen LogP contribution in [0.15, 0.2) is 59.7 Å². The molecule has 0 saturated carbocycles. The molecular weight excluding hydrogens is 320 g/mol. The molecule has 0 bridgehead atoms. The predicted molar refractivity (Wildman–Crippen MR) is 95.0 cm³/mol. The lowest BCUT2D eigenvalue weighted by molar-refractivity contribution is -0.130. The summed E-state index contributed by atoms with van der Waals surface area (Å²) in [7, 11) is 1.62. The number of carbonyl (C=O) groups is 1. The van der Waals surface area contributed by atoms with Gasteiger partial charge in [0, 0.05) is 11.8 Å². The average molecular weight is 338 g/mol. The largest absolute Gasteiger partial charge is 0.496 e. The van der Waals surface area contributed by atoms with Gasteiger partial charge < -0.3 is 14.2 Å². The van der Waals surface area contributed by atoms with Crippen LogP contribution in [-0.2, 0) is 4.79 Å². The molecule has 3 rings (SSSR count). The summed E-state index contributed by atoms with van der Waals surface area (Å²) < 4.78 is 16.4. The van der Waals surface area contributed by atoms with Gasteiger partial charge in [-0.25, -0.2) is 5.43 Å². The van der Waals surface area contributed by atoms with E-state index in [0.29, 0.717) is 11.5 Å². The minimum absolute atomic E-state index is 0.148. The highest BCUT2D eigenvalue weighted by Gasteiger charge is 2.26. The van der Waals surface area contributed by atoms with E-state index in [1.807, 2.05) is 42.5 Å². The Labute approximate surface area is 145 Å². The molecule has 2 aromatic rings. The lowest BCUT2D eigenvalue weighted by atomic mass is 10.2. The lowest BCUT2D eigenvalue weighted by Crippen LogP contribution is -2.42. The molecule has 1 heterocycles. The number of allylic oxidation sites excluding steroid dienone is 1. The third kappa shape index (κ3) is 4.17. The molecule has 0 radical (unpaired) electrons. The Morgan fingerprint density at radius 3 is 2.80 bits per heavy atom. The molecule has 25 heavy (non-hydrogen) atoms. The van der Waals surface area contributed by atoms with Crippen LogP contribution in [0.4, 0.5) is 0 Å².